The van der Waals surface area contributed by atoms with Gasteiger partial charge in [-0.3, -0.25) is 0 Å². The molecule has 1 saturated carbocycles. The number of alkyl halides is 2. The summed E-state index contributed by atoms with van der Waals surface area (Å²) >= 11 is 0. The van der Waals surface area contributed by atoms with Crippen molar-refractivity contribution in [3.05, 3.63) is 0 Å². The van der Waals surface area contributed by atoms with Crippen molar-refractivity contribution in [3.8, 4) is 0 Å². The molecule has 0 radical (unpaired) electrons. The fraction of sp³-hybridized carbons (Fsp3) is 1.00. The van der Waals surface area contributed by atoms with E-state index < -0.39 is 23.0 Å². The van der Waals surface area contributed by atoms with E-state index in [1.807, 2.05) is 0 Å². The number of sulfonamides is 1. The monoisotopic (exact) mass is 325 g/mol. The summed E-state index contributed by atoms with van der Waals surface area (Å²) in [4.78, 5) is 0. The molecule has 0 aromatic rings. The van der Waals surface area contributed by atoms with E-state index in [1.165, 1.54) is 0 Å². The average Bonchev–Trinajstić information content (AvgIpc) is 2.35. The van der Waals surface area contributed by atoms with Crippen LogP contribution in [0.4, 0.5) is 8.78 Å². The van der Waals surface area contributed by atoms with Crippen LogP contribution in [0.1, 0.15) is 51.9 Å². The third-order valence-electron chi connectivity index (χ3n) is 4.44. The van der Waals surface area contributed by atoms with Gasteiger partial charge in [-0.25, -0.2) is 17.2 Å². The zero-order valence-corrected chi connectivity index (χ0v) is 13.4. The molecule has 21 heavy (non-hydrogen) atoms. The van der Waals surface area contributed by atoms with E-state index in [0.29, 0.717) is 12.8 Å². The number of ether oxygens (including phenoxy) is 1. The lowest BCUT2D eigenvalue weighted by molar-refractivity contribution is -0.161. The second kappa shape index (κ2) is 6.87. The topological polar surface area (TPSA) is 46.6 Å². The lowest BCUT2D eigenvalue weighted by Crippen LogP contribution is -2.49. The molecule has 2 fully saturated rings. The Kier molecular flexibility index (Phi) is 5.59. The van der Waals surface area contributed by atoms with Crippen LogP contribution in [-0.4, -0.2) is 49.7 Å². The molecule has 124 valence electrons. The number of rotatable bonds is 7. The molecule has 0 aromatic heterocycles. The molecule has 2 rings (SSSR count). The molecular weight excluding hydrogens is 300 g/mol. The van der Waals surface area contributed by atoms with Gasteiger partial charge in [0.15, 0.2) is 0 Å². The van der Waals surface area contributed by atoms with Gasteiger partial charge in [-0.2, -0.15) is 4.31 Å². The quantitative estimate of drug-likeness (QED) is 0.723. The Labute approximate surface area is 125 Å². The van der Waals surface area contributed by atoms with Crippen molar-refractivity contribution < 1.29 is 21.9 Å². The molecule has 7 heteroatoms. The van der Waals surface area contributed by atoms with Gasteiger partial charge in [0.05, 0.1) is 24.0 Å². The van der Waals surface area contributed by atoms with Gasteiger partial charge < -0.3 is 4.74 Å². The Balaban J connectivity index is 1.97. The van der Waals surface area contributed by atoms with Crippen molar-refractivity contribution in [1.29, 1.82) is 0 Å². The molecule has 4 nitrogen and oxygen atoms in total. The summed E-state index contributed by atoms with van der Waals surface area (Å²) in [7, 11) is -3.69. The summed E-state index contributed by atoms with van der Waals surface area (Å²) in [6.45, 7) is 1.22. The summed E-state index contributed by atoms with van der Waals surface area (Å²) in [6, 6.07) is 0. The lowest BCUT2D eigenvalue weighted by Gasteiger charge is -2.47. The van der Waals surface area contributed by atoms with Crippen molar-refractivity contribution in [1.82, 2.24) is 4.31 Å². The Morgan fingerprint density at radius 1 is 1.29 bits per heavy atom. The number of hydrogen-bond donors (Lipinski definition) is 0. The molecule has 0 bridgehead atoms. The highest BCUT2D eigenvalue weighted by Gasteiger charge is 2.43. The molecule has 1 spiro atoms. The zero-order valence-electron chi connectivity index (χ0n) is 12.6. The maximum atomic E-state index is 12.6. The van der Waals surface area contributed by atoms with Gasteiger partial charge in [0, 0.05) is 6.54 Å². The summed E-state index contributed by atoms with van der Waals surface area (Å²) in [5.74, 6) is -0.165. The van der Waals surface area contributed by atoms with E-state index >= 15 is 0 Å². The van der Waals surface area contributed by atoms with Crippen LogP contribution in [-0.2, 0) is 14.8 Å². The maximum absolute atomic E-state index is 12.6. The van der Waals surface area contributed by atoms with E-state index in [0.717, 1.165) is 36.4 Å². The van der Waals surface area contributed by atoms with E-state index in [4.69, 9.17) is 4.74 Å². The Hall–Kier alpha value is -0.270. The Morgan fingerprint density at radius 3 is 2.48 bits per heavy atom. The second-order valence-electron chi connectivity index (χ2n) is 6.20. The molecule has 0 amide bonds. The first-order chi connectivity index (χ1) is 9.87. The fourth-order valence-corrected chi connectivity index (χ4v) is 4.98. The molecule has 0 N–H and O–H groups in total. The Morgan fingerprint density at radius 2 is 1.95 bits per heavy atom. The number of nitrogens with zero attached hydrogens (tertiary/aromatic N) is 1. The summed E-state index contributed by atoms with van der Waals surface area (Å²) in [5, 5.41) is 0. The van der Waals surface area contributed by atoms with Gasteiger partial charge in [-0.15, -0.1) is 0 Å². The standard InChI is InChI=1S/C14H25F2NO3S/c1-2-9-17(10-13(15)16)21(18,19)11-12-5-3-6-14(20-12)7-4-8-14/h12-13H,2-11H2,1H3. The molecule has 0 aromatic carbocycles. The minimum Gasteiger partial charge on any atom is -0.371 e. The van der Waals surface area contributed by atoms with Gasteiger partial charge in [-0.1, -0.05) is 6.92 Å². The highest BCUT2D eigenvalue weighted by molar-refractivity contribution is 7.89. The van der Waals surface area contributed by atoms with E-state index in [9.17, 15) is 17.2 Å². The van der Waals surface area contributed by atoms with Crippen LogP contribution in [0.2, 0.25) is 0 Å². The minimum atomic E-state index is -3.69. The molecule has 1 atom stereocenters. The van der Waals surface area contributed by atoms with Gasteiger partial charge in [-0.05, 0) is 44.9 Å². The van der Waals surface area contributed by atoms with Crippen molar-refractivity contribution in [2.24, 2.45) is 0 Å². The van der Waals surface area contributed by atoms with Gasteiger partial charge >= 0.3 is 0 Å². The molecule has 1 aliphatic carbocycles. The summed E-state index contributed by atoms with van der Waals surface area (Å²) in [5.41, 5.74) is -0.114. The largest absolute Gasteiger partial charge is 0.371 e. The molecule has 2 aliphatic rings. The molecule has 1 unspecified atom stereocenters. The van der Waals surface area contributed by atoms with Crippen LogP contribution in [0.3, 0.4) is 0 Å². The van der Waals surface area contributed by atoms with Crippen LogP contribution in [0.25, 0.3) is 0 Å². The minimum absolute atomic E-state index is 0.114. The zero-order chi connectivity index (χ0) is 15.5. The van der Waals surface area contributed by atoms with Crippen molar-refractivity contribution >= 4 is 10.0 Å². The highest BCUT2D eigenvalue weighted by atomic mass is 32.2. The van der Waals surface area contributed by atoms with Crippen molar-refractivity contribution in [3.63, 3.8) is 0 Å². The van der Waals surface area contributed by atoms with Crippen LogP contribution >= 0.6 is 0 Å². The first-order valence-corrected chi connectivity index (χ1v) is 9.41. The first-order valence-electron chi connectivity index (χ1n) is 7.81. The maximum Gasteiger partial charge on any atom is 0.252 e. The normalized spacial score (nSPS) is 25.5. The highest BCUT2D eigenvalue weighted by Crippen LogP contribution is 2.44. The van der Waals surface area contributed by atoms with Gasteiger partial charge in [0.2, 0.25) is 10.0 Å². The third-order valence-corrected chi connectivity index (χ3v) is 6.36. The van der Waals surface area contributed by atoms with E-state index in [-0.39, 0.29) is 24.0 Å². The van der Waals surface area contributed by atoms with E-state index in [2.05, 4.69) is 0 Å². The lowest BCUT2D eigenvalue weighted by atomic mass is 9.74. The van der Waals surface area contributed by atoms with Gasteiger partial charge in [0.25, 0.3) is 6.43 Å². The summed E-state index contributed by atoms with van der Waals surface area (Å²) < 4.78 is 56.7. The predicted octanol–water partition coefficient (Wildman–Crippen LogP) is 2.79. The molecule has 1 saturated heterocycles. The average molecular weight is 325 g/mol. The smallest absolute Gasteiger partial charge is 0.252 e. The predicted molar refractivity (Wildman–Crippen MR) is 77.0 cm³/mol. The van der Waals surface area contributed by atoms with Gasteiger partial charge in [0.1, 0.15) is 0 Å². The van der Waals surface area contributed by atoms with Crippen molar-refractivity contribution in [2.75, 3.05) is 18.8 Å². The van der Waals surface area contributed by atoms with Crippen LogP contribution in [0, 0.1) is 0 Å². The van der Waals surface area contributed by atoms with Crippen LogP contribution in [0.15, 0.2) is 0 Å². The number of hydrogen-bond acceptors (Lipinski definition) is 3. The first kappa shape index (κ1) is 17.1. The fourth-order valence-electron chi connectivity index (χ4n) is 3.27. The molecule has 1 heterocycles. The van der Waals surface area contributed by atoms with Crippen LogP contribution in [0.5, 0.6) is 0 Å². The van der Waals surface area contributed by atoms with Crippen LogP contribution < -0.4 is 0 Å². The second-order valence-corrected chi connectivity index (χ2v) is 8.21. The number of halogens is 2. The van der Waals surface area contributed by atoms with E-state index in [1.54, 1.807) is 6.92 Å². The summed E-state index contributed by atoms with van der Waals surface area (Å²) in [6.07, 6.45) is 3.34. The Bertz CT molecular complexity index is 438. The SMILES string of the molecule is CCCN(CC(F)F)S(=O)(=O)CC1CCCC2(CCC2)O1. The van der Waals surface area contributed by atoms with Crippen molar-refractivity contribution in [2.45, 2.75) is 70.0 Å². The molecular formula is C14H25F2NO3S. The third kappa shape index (κ3) is 4.36. The molecule has 1 aliphatic heterocycles.